The van der Waals surface area contributed by atoms with Crippen molar-refractivity contribution >= 4 is 23.0 Å². The third-order valence-electron chi connectivity index (χ3n) is 5.00. The predicted octanol–water partition coefficient (Wildman–Crippen LogP) is 3.87. The van der Waals surface area contributed by atoms with Gasteiger partial charge in [-0.25, -0.2) is 18.7 Å². The van der Waals surface area contributed by atoms with Gasteiger partial charge < -0.3 is 5.32 Å². The van der Waals surface area contributed by atoms with Crippen molar-refractivity contribution < 1.29 is 13.6 Å². The summed E-state index contributed by atoms with van der Waals surface area (Å²) in [7, 11) is 0. The molecule has 1 N–H and O–H groups in total. The number of rotatable bonds is 6. The molecule has 172 valence electrons. The van der Waals surface area contributed by atoms with Crippen LogP contribution in [0.2, 0.25) is 0 Å². The molecule has 2 aromatic carbocycles. The van der Waals surface area contributed by atoms with E-state index < -0.39 is 23.1 Å². The Balaban J connectivity index is 1.50. The van der Waals surface area contributed by atoms with Crippen LogP contribution in [0.25, 0.3) is 17.1 Å². The smallest absolute Gasteiger partial charge is 0.266 e. The summed E-state index contributed by atoms with van der Waals surface area (Å²) in [6.45, 7) is 4.06. The van der Waals surface area contributed by atoms with Crippen molar-refractivity contribution in [3.05, 3.63) is 105 Å². The molecule has 2 aromatic heterocycles. The summed E-state index contributed by atoms with van der Waals surface area (Å²) in [5.74, 6) is -2.59. The van der Waals surface area contributed by atoms with Crippen LogP contribution >= 0.6 is 0 Å². The van der Waals surface area contributed by atoms with Crippen LogP contribution in [-0.2, 0) is 13.1 Å². The first-order valence-electron chi connectivity index (χ1n) is 10.5. The lowest BCUT2D eigenvalue weighted by atomic mass is 10.1. The topological polar surface area (TPSA) is 89.8 Å². The quantitative estimate of drug-likeness (QED) is 0.471. The third-order valence-corrected chi connectivity index (χ3v) is 5.00. The molecule has 0 aliphatic rings. The van der Waals surface area contributed by atoms with Crippen LogP contribution in [0.15, 0.2) is 65.5 Å². The molecule has 4 aromatic rings. The van der Waals surface area contributed by atoms with Gasteiger partial charge in [-0.3, -0.25) is 19.1 Å². The largest absolute Gasteiger partial charge is 0.348 e. The van der Waals surface area contributed by atoms with Crippen LogP contribution in [0.5, 0.6) is 0 Å². The monoisotopic (exact) mass is 461 g/mol. The molecule has 4 rings (SSSR count). The van der Waals surface area contributed by atoms with Crippen molar-refractivity contribution in [1.29, 1.82) is 0 Å². The molecule has 0 radical (unpaired) electrons. The lowest BCUT2D eigenvalue weighted by Gasteiger charge is -2.09. The van der Waals surface area contributed by atoms with Crippen molar-refractivity contribution in [2.45, 2.75) is 26.9 Å². The zero-order chi connectivity index (χ0) is 24.2. The maximum atomic E-state index is 13.5. The fraction of sp³-hybridized carbons (Fsp3) is 0.160. The molecule has 0 atom stereocenters. The lowest BCUT2D eigenvalue weighted by Crippen LogP contribution is -2.33. The summed E-state index contributed by atoms with van der Waals surface area (Å²) < 4.78 is 27.8. The molecule has 0 aliphatic carbocycles. The number of carbonyl (C=O) groups excluding carboxylic acids is 1. The van der Waals surface area contributed by atoms with Crippen LogP contribution in [0.1, 0.15) is 41.0 Å². The van der Waals surface area contributed by atoms with Gasteiger partial charge in [-0.2, -0.15) is 0 Å². The minimum atomic E-state index is -1.01. The second kappa shape index (κ2) is 9.70. The van der Waals surface area contributed by atoms with E-state index >= 15 is 0 Å². The molecular formula is C25H21F2N5O2. The Morgan fingerprint density at radius 2 is 1.82 bits per heavy atom. The Morgan fingerprint density at radius 3 is 2.59 bits per heavy atom. The molecule has 0 saturated heterocycles. The van der Waals surface area contributed by atoms with E-state index in [4.69, 9.17) is 0 Å². The highest BCUT2D eigenvalue weighted by Crippen LogP contribution is 2.14. The van der Waals surface area contributed by atoms with Crippen molar-refractivity contribution in [2.75, 3.05) is 0 Å². The average molecular weight is 461 g/mol. The molecular weight excluding hydrogens is 440 g/mol. The highest BCUT2D eigenvalue weighted by Gasteiger charge is 2.14. The molecule has 9 heteroatoms. The van der Waals surface area contributed by atoms with Crippen molar-refractivity contribution in [3.8, 4) is 0 Å². The highest BCUT2D eigenvalue weighted by atomic mass is 19.2. The first-order valence-corrected chi connectivity index (χ1v) is 10.5. The van der Waals surface area contributed by atoms with Gasteiger partial charge in [0.1, 0.15) is 5.56 Å². The maximum Gasteiger partial charge on any atom is 0.266 e. The molecule has 1 amide bonds. The molecule has 7 nitrogen and oxygen atoms in total. The number of allylic oxidation sites excluding steroid dienone is 1. The standard InChI is InChI=1S/C25H21F2N5O2/c1-15(2)7-18-11-29-22-6-4-16(9-23(22)31-18)10-30-24(33)19-12-28-14-32(25(19)34)13-17-3-5-20(26)21(27)8-17/h3-9,11-12,14H,10,13H2,1-2H3,(H,30,33). The number of hydrogen-bond acceptors (Lipinski definition) is 5. The number of nitrogens with one attached hydrogen (secondary N) is 1. The van der Waals surface area contributed by atoms with Crippen LogP contribution in [0, 0.1) is 11.6 Å². The maximum absolute atomic E-state index is 13.5. The second-order valence-corrected chi connectivity index (χ2v) is 8.01. The minimum Gasteiger partial charge on any atom is -0.348 e. The van der Waals surface area contributed by atoms with Gasteiger partial charge in [0.25, 0.3) is 11.5 Å². The van der Waals surface area contributed by atoms with Gasteiger partial charge in [0.2, 0.25) is 0 Å². The predicted molar refractivity (Wildman–Crippen MR) is 124 cm³/mol. The van der Waals surface area contributed by atoms with Crippen LogP contribution in [0.4, 0.5) is 8.78 Å². The Hall–Kier alpha value is -4.27. The summed E-state index contributed by atoms with van der Waals surface area (Å²) in [6, 6.07) is 8.81. The number of amides is 1. The number of aromatic nitrogens is 4. The van der Waals surface area contributed by atoms with Gasteiger partial charge in [-0.1, -0.05) is 17.7 Å². The van der Waals surface area contributed by atoms with Crippen molar-refractivity contribution in [2.24, 2.45) is 0 Å². The van der Waals surface area contributed by atoms with E-state index in [1.54, 1.807) is 6.20 Å². The van der Waals surface area contributed by atoms with Gasteiger partial charge in [0.15, 0.2) is 11.6 Å². The highest BCUT2D eigenvalue weighted by molar-refractivity contribution is 5.93. The molecule has 34 heavy (non-hydrogen) atoms. The van der Waals surface area contributed by atoms with E-state index in [2.05, 4.69) is 20.3 Å². The first kappa shape index (κ1) is 22.9. The van der Waals surface area contributed by atoms with E-state index in [0.29, 0.717) is 11.1 Å². The zero-order valence-corrected chi connectivity index (χ0v) is 18.5. The van der Waals surface area contributed by atoms with Gasteiger partial charge in [0.05, 0.1) is 35.8 Å². The number of fused-ring (bicyclic) bond motifs is 1. The Morgan fingerprint density at radius 1 is 1.03 bits per heavy atom. The molecule has 0 unspecified atom stereocenters. The average Bonchev–Trinajstić information content (AvgIpc) is 2.80. The van der Waals surface area contributed by atoms with E-state index in [-0.39, 0.29) is 18.7 Å². The van der Waals surface area contributed by atoms with Crippen molar-refractivity contribution in [3.63, 3.8) is 0 Å². The van der Waals surface area contributed by atoms with Gasteiger partial charge >= 0.3 is 0 Å². The fourth-order valence-corrected chi connectivity index (χ4v) is 3.38. The third kappa shape index (κ3) is 5.20. The Labute approximate surface area is 193 Å². The number of hydrogen-bond donors (Lipinski definition) is 1. The lowest BCUT2D eigenvalue weighted by molar-refractivity contribution is 0.0948. The number of benzene rings is 2. The summed E-state index contributed by atoms with van der Waals surface area (Å²) >= 11 is 0. The minimum absolute atomic E-state index is 0.0541. The molecule has 2 heterocycles. The first-order chi connectivity index (χ1) is 16.3. The molecule has 0 aliphatic heterocycles. The zero-order valence-electron chi connectivity index (χ0n) is 18.5. The fourth-order valence-electron chi connectivity index (χ4n) is 3.38. The van der Waals surface area contributed by atoms with Gasteiger partial charge in [-0.05, 0) is 55.3 Å². The van der Waals surface area contributed by atoms with Crippen LogP contribution in [-0.4, -0.2) is 25.4 Å². The molecule has 0 spiro atoms. The van der Waals surface area contributed by atoms with Crippen molar-refractivity contribution in [1.82, 2.24) is 24.8 Å². The van der Waals surface area contributed by atoms with Crippen LogP contribution in [0.3, 0.4) is 0 Å². The summed E-state index contributed by atoms with van der Waals surface area (Å²) in [6.07, 6.45) is 6.04. The molecule has 0 bridgehead atoms. The SMILES string of the molecule is CC(C)=Cc1cnc2ccc(CNC(=O)c3cncn(Cc4ccc(F)c(F)c4)c3=O)cc2n1. The van der Waals surface area contributed by atoms with Crippen LogP contribution < -0.4 is 10.9 Å². The van der Waals surface area contributed by atoms with Gasteiger partial charge in [-0.15, -0.1) is 0 Å². The summed E-state index contributed by atoms with van der Waals surface area (Å²) in [4.78, 5) is 38.3. The number of carbonyl (C=O) groups is 1. The van der Waals surface area contributed by atoms with E-state index in [1.807, 2.05) is 38.1 Å². The molecule has 0 saturated carbocycles. The van der Waals surface area contributed by atoms with Gasteiger partial charge in [0, 0.05) is 12.7 Å². The van der Waals surface area contributed by atoms with E-state index in [9.17, 15) is 18.4 Å². The second-order valence-electron chi connectivity index (χ2n) is 8.01. The normalized spacial score (nSPS) is 10.8. The van der Waals surface area contributed by atoms with E-state index in [1.165, 1.54) is 18.6 Å². The summed E-state index contributed by atoms with van der Waals surface area (Å²) in [5.41, 5.74) is 3.67. The summed E-state index contributed by atoms with van der Waals surface area (Å²) in [5, 5.41) is 2.71. The molecule has 0 fully saturated rings. The van der Waals surface area contributed by atoms with E-state index in [0.717, 1.165) is 39.0 Å². The Bertz CT molecular complexity index is 1480. The number of halogens is 2. The Kier molecular flexibility index (Phi) is 6.53. The number of nitrogens with zero attached hydrogens (tertiary/aromatic N) is 4.